The third kappa shape index (κ3) is 4.59. The standard InChI is InChI=1S/C19H23N5OS3/c25-16(9-11-24-18(22-23-19(24)26)15-7-4-12-27-15)20-10-3-8-17-21-13-5-1-2-6-14(13)28-17/h4,7,12H,1-3,5-6,8-11H2,(H,20,25)(H,23,26). The van der Waals surface area contributed by atoms with E-state index in [1.807, 2.05) is 33.4 Å². The van der Waals surface area contributed by atoms with Crippen LogP contribution in [-0.2, 0) is 30.6 Å². The molecule has 0 aromatic carbocycles. The van der Waals surface area contributed by atoms with Crippen molar-refractivity contribution in [2.75, 3.05) is 6.54 Å². The predicted molar refractivity (Wildman–Crippen MR) is 115 cm³/mol. The van der Waals surface area contributed by atoms with Crippen LogP contribution in [0.4, 0.5) is 0 Å². The summed E-state index contributed by atoms with van der Waals surface area (Å²) in [5, 5.41) is 13.3. The van der Waals surface area contributed by atoms with E-state index in [0.29, 0.717) is 24.3 Å². The average Bonchev–Trinajstić information content (AvgIpc) is 3.43. The Morgan fingerprint density at radius 2 is 2.25 bits per heavy atom. The Morgan fingerprint density at radius 3 is 3.07 bits per heavy atom. The first kappa shape index (κ1) is 19.5. The molecular formula is C19H23N5OS3. The Labute approximate surface area is 177 Å². The third-order valence-corrected chi connectivity index (χ3v) is 7.24. The maximum absolute atomic E-state index is 12.2. The minimum Gasteiger partial charge on any atom is -0.356 e. The summed E-state index contributed by atoms with van der Waals surface area (Å²) in [5.74, 6) is 0.833. The second-order valence-corrected chi connectivity index (χ2v) is 9.37. The lowest BCUT2D eigenvalue weighted by molar-refractivity contribution is -0.121. The fourth-order valence-electron chi connectivity index (χ4n) is 3.40. The molecule has 1 aliphatic carbocycles. The van der Waals surface area contributed by atoms with Gasteiger partial charge in [0.15, 0.2) is 10.6 Å². The van der Waals surface area contributed by atoms with E-state index >= 15 is 0 Å². The summed E-state index contributed by atoms with van der Waals surface area (Å²) in [6.07, 6.45) is 7.12. The molecular weight excluding hydrogens is 410 g/mol. The van der Waals surface area contributed by atoms with Gasteiger partial charge in [-0.25, -0.2) is 4.98 Å². The van der Waals surface area contributed by atoms with E-state index in [2.05, 4.69) is 15.5 Å². The quantitative estimate of drug-likeness (QED) is 0.413. The molecule has 0 saturated heterocycles. The summed E-state index contributed by atoms with van der Waals surface area (Å²) < 4.78 is 2.44. The first-order valence-electron chi connectivity index (χ1n) is 9.64. The van der Waals surface area contributed by atoms with Crippen LogP contribution < -0.4 is 5.32 Å². The molecule has 2 N–H and O–H groups in total. The van der Waals surface area contributed by atoms with Crippen molar-refractivity contribution < 1.29 is 4.79 Å². The number of aromatic nitrogens is 4. The van der Waals surface area contributed by atoms with Crippen LogP contribution in [0.3, 0.4) is 0 Å². The molecule has 148 valence electrons. The van der Waals surface area contributed by atoms with E-state index in [4.69, 9.17) is 17.2 Å². The summed E-state index contributed by atoms with van der Waals surface area (Å²) in [7, 11) is 0. The molecule has 3 aromatic heterocycles. The highest BCUT2D eigenvalue weighted by Crippen LogP contribution is 2.27. The van der Waals surface area contributed by atoms with Gasteiger partial charge in [-0.3, -0.25) is 14.5 Å². The minimum absolute atomic E-state index is 0.0404. The molecule has 0 saturated carbocycles. The molecule has 0 atom stereocenters. The lowest BCUT2D eigenvalue weighted by Gasteiger charge is -2.07. The van der Waals surface area contributed by atoms with Gasteiger partial charge in [-0.15, -0.1) is 22.7 Å². The largest absolute Gasteiger partial charge is 0.356 e. The SMILES string of the molecule is O=C(CCn1c(-c2cccs2)n[nH]c1=S)NCCCc1nc2c(s1)CCCC2. The zero-order valence-electron chi connectivity index (χ0n) is 15.6. The summed E-state index contributed by atoms with van der Waals surface area (Å²) in [6.45, 7) is 1.20. The van der Waals surface area contributed by atoms with Gasteiger partial charge in [0.05, 0.1) is 15.6 Å². The molecule has 28 heavy (non-hydrogen) atoms. The lowest BCUT2D eigenvalue weighted by atomic mass is 10.0. The van der Waals surface area contributed by atoms with Crippen LogP contribution in [0.15, 0.2) is 17.5 Å². The Hall–Kier alpha value is -1.84. The second kappa shape index (κ2) is 9.11. The lowest BCUT2D eigenvalue weighted by Crippen LogP contribution is -2.25. The van der Waals surface area contributed by atoms with Crippen molar-refractivity contribution in [3.8, 4) is 10.7 Å². The van der Waals surface area contributed by atoms with E-state index in [1.54, 1.807) is 11.3 Å². The van der Waals surface area contributed by atoms with Gasteiger partial charge in [0.1, 0.15) is 0 Å². The number of aromatic amines is 1. The van der Waals surface area contributed by atoms with E-state index < -0.39 is 0 Å². The van der Waals surface area contributed by atoms with Gasteiger partial charge >= 0.3 is 0 Å². The number of thiophene rings is 1. The van der Waals surface area contributed by atoms with Gasteiger partial charge < -0.3 is 5.32 Å². The van der Waals surface area contributed by atoms with Gasteiger partial charge in [0.25, 0.3) is 0 Å². The van der Waals surface area contributed by atoms with Gasteiger partial charge in [-0.2, -0.15) is 5.10 Å². The molecule has 0 unspecified atom stereocenters. The van der Waals surface area contributed by atoms with E-state index in [1.165, 1.54) is 34.8 Å². The smallest absolute Gasteiger partial charge is 0.221 e. The van der Waals surface area contributed by atoms with E-state index in [0.717, 1.165) is 30.0 Å². The number of nitrogens with zero attached hydrogens (tertiary/aromatic N) is 3. The van der Waals surface area contributed by atoms with Crippen LogP contribution in [0.2, 0.25) is 0 Å². The van der Waals surface area contributed by atoms with E-state index in [9.17, 15) is 4.79 Å². The molecule has 6 nitrogen and oxygen atoms in total. The maximum Gasteiger partial charge on any atom is 0.221 e. The summed E-state index contributed by atoms with van der Waals surface area (Å²) in [4.78, 5) is 19.5. The van der Waals surface area contributed by atoms with Gasteiger partial charge in [-0.1, -0.05) is 6.07 Å². The Morgan fingerprint density at radius 1 is 1.36 bits per heavy atom. The number of aryl methyl sites for hydroxylation is 3. The zero-order valence-corrected chi connectivity index (χ0v) is 18.0. The van der Waals surface area contributed by atoms with Crippen molar-refractivity contribution in [3.63, 3.8) is 0 Å². The number of fused-ring (bicyclic) bond motifs is 1. The molecule has 0 fully saturated rings. The van der Waals surface area contributed by atoms with E-state index in [-0.39, 0.29) is 5.91 Å². The highest BCUT2D eigenvalue weighted by Gasteiger charge is 2.15. The average molecular weight is 434 g/mol. The number of carbonyl (C=O) groups excluding carboxylic acids is 1. The molecule has 0 aliphatic heterocycles. The number of thiazole rings is 1. The number of H-pyrrole nitrogens is 1. The molecule has 0 spiro atoms. The Bertz CT molecular complexity index is 962. The number of nitrogens with one attached hydrogen (secondary N) is 2. The van der Waals surface area contributed by atoms with Crippen LogP contribution >= 0.6 is 34.9 Å². The summed E-state index contributed by atoms with van der Waals surface area (Å²) >= 11 is 8.77. The van der Waals surface area contributed by atoms with Gasteiger partial charge in [0, 0.05) is 30.8 Å². The molecule has 9 heteroatoms. The summed E-state index contributed by atoms with van der Waals surface area (Å²) in [5.41, 5.74) is 1.31. The molecule has 3 aromatic rings. The second-order valence-electron chi connectivity index (χ2n) is 6.87. The number of hydrogen-bond donors (Lipinski definition) is 2. The first-order valence-corrected chi connectivity index (χ1v) is 11.7. The van der Waals surface area contributed by atoms with Crippen LogP contribution in [0, 0.1) is 4.77 Å². The number of amides is 1. The van der Waals surface area contributed by atoms with Crippen molar-refractivity contribution in [1.29, 1.82) is 0 Å². The molecule has 0 radical (unpaired) electrons. The van der Waals surface area contributed by atoms with Gasteiger partial charge in [0.2, 0.25) is 5.91 Å². The fraction of sp³-hybridized carbons (Fsp3) is 0.474. The third-order valence-electron chi connectivity index (χ3n) is 4.84. The monoisotopic (exact) mass is 433 g/mol. The fourth-order valence-corrected chi connectivity index (χ4v) is 5.54. The van der Waals surface area contributed by atoms with Crippen LogP contribution in [0.25, 0.3) is 10.7 Å². The molecule has 0 bridgehead atoms. The first-order chi connectivity index (χ1) is 13.7. The zero-order chi connectivity index (χ0) is 19.3. The molecule has 4 rings (SSSR count). The van der Waals surface area contributed by atoms with Crippen LogP contribution in [-0.4, -0.2) is 32.2 Å². The van der Waals surface area contributed by atoms with Crippen LogP contribution in [0.1, 0.15) is 41.3 Å². The van der Waals surface area contributed by atoms with Crippen LogP contribution in [0.5, 0.6) is 0 Å². The highest BCUT2D eigenvalue weighted by atomic mass is 32.1. The normalized spacial score (nSPS) is 13.4. The number of hydrogen-bond acceptors (Lipinski definition) is 6. The van der Waals surface area contributed by atoms with Crippen molar-refractivity contribution >= 4 is 40.8 Å². The van der Waals surface area contributed by atoms with Crippen molar-refractivity contribution in [2.45, 2.75) is 51.5 Å². The highest BCUT2D eigenvalue weighted by molar-refractivity contribution is 7.71. The van der Waals surface area contributed by atoms with Gasteiger partial charge in [-0.05, 0) is 55.8 Å². The van der Waals surface area contributed by atoms with Crippen molar-refractivity contribution in [1.82, 2.24) is 25.1 Å². The molecule has 1 aliphatic rings. The van der Waals surface area contributed by atoms with Crippen molar-refractivity contribution in [2.24, 2.45) is 0 Å². The number of rotatable bonds is 8. The molecule has 3 heterocycles. The Kier molecular flexibility index (Phi) is 6.33. The van der Waals surface area contributed by atoms with Crippen molar-refractivity contribution in [3.05, 3.63) is 37.9 Å². The maximum atomic E-state index is 12.2. The minimum atomic E-state index is 0.0404. The topological polar surface area (TPSA) is 75.6 Å². The molecule has 1 amide bonds. The Balaban J connectivity index is 1.22. The predicted octanol–water partition coefficient (Wildman–Crippen LogP) is 4.14. The number of carbonyl (C=O) groups is 1. The summed E-state index contributed by atoms with van der Waals surface area (Å²) in [6, 6.07) is 3.98.